The third-order valence-corrected chi connectivity index (χ3v) is 5.08. The topological polar surface area (TPSA) is 36.7 Å². The van der Waals surface area contributed by atoms with E-state index in [0.29, 0.717) is 5.56 Å². The minimum Gasteiger partial charge on any atom is -0.241 e. The Hall–Kier alpha value is -3.09. The van der Waals surface area contributed by atoms with Crippen LogP contribution in [0.1, 0.15) is 39.1 Å². The molecule has 0 aliphatic heterocycles. The van der Waals surface area contributed by atoms with Crippen molar-refractivity contribution in [2.75, 3.05) is 6.26 Å². The van der Waals surface area contributed by atoms with Crippen LogP contribution in [0, 0.1) is 25.2 Å². The Morgan fingerprint density at radius 2 is 1.36 bits per heavy atom. The minimum atomic E-state index is 0.614. The summed E-state index contributed by atoms with van der Waals surface area (Å²) < 4.78 is 0. The summed E-state index contributed by atoms with van der Waals surface area (Å²) in [6.07, 6.45) is 10.0. The van der Waals surface area contributed by atoms with Gasteiger partial charge in [-0.15, -0.1) is 11.8 Å². The molecule has 2 nitrogen and oxygen atoms in total. The van der Waals surface area contributed by atoms with Crippen molar-refractivity contribution in [3.8, 4) is 6.07 Å². The lowest BCUT2D eigenvalue weighted by Crippen LogP contribution is -1.94. The third-order valence-electron chi connectivity index (χ3n) is 4.40. The molecule has 0 atom stereocenters. The summed E-state index contributed by atoms with van der Waals surface area (Å²) in [4.78, 5) is 4.64. The number of benzene rings is 2. The number of pyridine rings is 1. The van der Waals surface area contributed by atoms with Crippen molar-refractivity contribution >= 4 is 36.1 Å². The molecule has 0 aliphatic carbocycles. The van der Waals surface area contributed by atoms with Crippen LogP contribution in [0.25, 0.3) is 24.3 Å². The normalized spacial score (nSPS) is 11.2. The summed E-state index contributed by atoms with van der Waals surface area (Å²) in [5.41, 5.74) is 7.03. The number of rotatable bonds is 5. The molecule has 0 amide bonds. The van der Waals surface area contributed by atoms with Crippen molar-refractivity contribution in [3.63, 3.8) is 0 Å². The fraction of sp³-hybridized carbons (Fsp3) is 0.120. The average molecular weight is 383 g/mol. The van der Waals surface area contributed by atoms with E-state index in [9.17, 15) is 5.26 Å². The van der Waals surface area contributed by atoms with Crippen molar-refractivity contribution in [2.45, 2.75) is 18.9 Å². The Bertz CT molecular complexity index is 1050. The maximum atomic E-state index is 9.63. The quantitative estimate of drug-likeness (QED) is 0.465. The van der Waals surface area contributed by atoms with Gasteiger partial charge in [0.2, 0.25) is 0 Å². The first kappa shape index (κ1) is 19.7. The van der Waals surface area contributed by atoms with E-state index < -0.39 is 0 Å². The van der Waals surface area contributed by atoms with Gasteiger partial charge in [0.15, 0.2) is 0 Å². The van der Waals surface area contributed by atoms with Gasteiger partial charge in [-0.1, -0.05) is 77.9 Å². The van der Waals surface area contributed by atoms with Gasteiger partial charge < -0.3 is 0 Å². The standard InChI is InChI=1S/C25H22N2S/c1-18-4-8-20(9-5-18)12-14-22-16-23(27-25(28-3)24(22)17-26)15-13-21-10-6-19(2)7-11-21/h4-16H,1-3H3/b14-12+,15-13+. The molecule has 2 aromatic carbocycles. The minimum absolute atomic E-state index is 0.614. The van der Waals surface area contributed by atoms with Crippen molar-refractivity contribution in [3.05, 3.63) is 93.7 Å². The predicted octanol–water partition coefficient (Wildman–Crippen LogP) is 6.63. The van der Waals surface area contributed by atoms with Gasteiger partial charge in [0.05, 0.1) is 11.3 Å². The van der Waals surface area contributed by atoms with Crippen molar-refractivity contribution in [1.82, 2.24) is 4.98 Å². The lowest BCUT2D eigenvalue weighted by molar-refractivity contribution is 1.09. The van der Waals surface area contributed by atoms with Crippen LogP contribution in [0.2, 0.25) is 0 Å². The maximum Gasteiger partial charge on any atom is 0.115 e. The Labute approximate surface area is 171 Å². The number of thioether (sulfide) groups is 1. The van der Waals surface area contributed by atoms with E-state index in [1.807, 2.05) is 36.6 Å². The average Bonchev–Trinajstić information content (AvgIpc) is 2.72. The summed E-state index contributed by atoms with van der Waals surface area (Å²) >= 11 is 1.49. The highest BCUT2D eigenvalue weighted by Gasteiger charge is 2.09. The molecule has 138 valence electrons. The smallest absolute Gasteiger partial charge is 0.115 e. The second-order valence-electron chi connectivity index (χ2n) is 6.62. The van der Waals surface area contributed by atoms with Crippen LogP contribution in [-0.4, -0.2) is 11.2 Å². The van der Waals surface area contributed by atoms with Crippen LogP contribution < -0.4 is 0 Å². The van der Waals surface area contributed by atoms with Crippen LogP contribution in [0.5, 0.6) is 0 Å². The number of nitriles is 1. The lowest BCUT2D eigenvalue weighted by Gasteiger charge is -2.06. The molecule has 0 aliphatic rings. The number of aromatic nitrogens is 1. The molecule has 28 heavy (non-hydrogen) atoms. The summed E-state index contributed by atoms with van der Waals surface area (Å²) in [6.45, 7) is 4.15. The largest absolute Gasteiger partial charge is 0.241 e. The van der Waals surface area contributed by atoms with Crippen LogP contribution in [0.3, 0.4) is 0 Å². The monoisotopic (exact) mass is 382 g/mol. The number of nitrogens with zero attached hydrogens (tertiary/aromatic N) is 2. The second-order valence-corrected chi connectivity index (χ2v) is 7.42. The molecule has 1 heterocycles. The van der Waals surface area contributed by atoms with Gasteiger partial charge in [-0.3, -0.25) is 0 Å². The first-order valence-electron chi connectivity index (χ1n) is 9.07. The van der Waals surface area contributed by atoms with Gasteiger partial charge in [-0.2, -0.15) is 5.26 Å². The molecule has 1 aromatic heterocycles. The van der Waals surface area contributed by atoms with E-state index in [2.05, 4.69) is 73.4 Å². The second kappa shape index (κ2) is 9.21. The zero-order valence-corrected chi connectivity index (χ0v) is 17.1. The third kappa shape index (κ3) is 5.00. The zero-order chi connectivity index (χ0) is 19.9. The fourth-order valence-electron chi connectivity index (χ4n) is 2.76. The van der Waals surface area contributed by atoms with Crippen LogP contribution in [0.15, 0.2) is 59.6 Å². The molecular weight excluding hydrogens is 360 g/mol. The predicted molar refractivity (Wildman–Crippen MR) is 121 cm³/mol. The molecule has 3 heteroatoms. The molecule has 3 aromatic rings. The van der Waals surface area contributed by atoms with Crippen LogP contribution in [0.4, 0.5) is 0 Å². The number of hydrogen-bond donors (Lipinski definition) is 0. The SMILES string of the molecule is CSc1nc(/C=C/c2ccc(C)cc2)cc(/C=C/c2ccc(C)cc2)c1C#N. The van der Waals surface area contributed by atoms with Gasteiger partial charge in [0.1, 0.15) is 11.1 Å². The lowest BCUT2D eigenvalue weighted by atomic mass is 10.1. The van der Waals surface area contributed by atoms with Gasteiger partial charge in [-0.25, -0.2) is 4.98 Å². The summed E-state index contributed by atoms with van der Waals surface area (Å²) in [6, 6.07) is 21.0. The van der Waals surface area contributed by atoms with Gasteiger partial charge >= 0.3 is 0 Å². The first-order valence-corrected chi connectivity index (χ1v) is 10.3. The van der Waals surface area contributed by atoms with E-state index in [1.54, 1.807) is 0 Å². The summed E-state index contributed by atoms with van der Waals surface area (Å²) in [7, 11) is 0. The highest BCUT2D eigenvalue weighted by Crippen LogP contribution is 2.25. The van der Waals surface area contributed by atoms with Gasteiger partial charge in [0, 0.05) is 0 Å². The Morgan fingerprint density at radius 1 is 0.821 bits per heavy atom. The van der Waals surface area contributed by atoms with Gasteiger partial charge in [-0.05, 0) is 48.9 Å². The van der Waals surface area contributed by atoms with Crippen LogP contribution in [-0.2, 0) is 0 Å². The highest BCUT2D eigenvalue weighted by atomic mass is 32.2. The molecule has 0 unspecified atom stereocenters. The molecule has 0 saturated heterocycles. The molecule has 3 rings (SSSR count). The first-order chi connectivity index (χ1) is 13.6. The van der Waals surface area contributed by atoms with E-state index in [-0.39, 0.29) is 0 Å². The Morgan fingerprint density at radius 3 is 1.86 bits per heavy atom. The maximum absolute atomic E-state index is 9.63. The van der Waals surface area contributed by atoms with Crippen molar-refractivity contribution < 1.29 is 0 Å². The molecule has 0 fully saturated rings. The van der Waals surface area contributed by atoms with Crippen LogP contribution >= 0.6 is 11.8 Å². The molecule has 0 radical (unpaired) electrons. The summed E-state index contributed by atoms with van der Waals surface area (Å²) in [5, 5.41) is 10.4. The molecule has 0 N–H and O–H groups in total. The summed E-state index contributed by atoms with van der Waals surface area (Å²) in [5.74, 6) is 0. The van der Waals surface area contributed by atoms with E-state index >= 15 is 0 Å². The molecule has 0 spiro atoms. The van der Waals surface area contributed by atoms with E-state index in [0.717, 1.165) is 27.4 Å². The van der Waals surface area contributed by atoms with Gasteiger partial charge in [0.25, 0.3) is 0 Å². The van der Waals surface area contributed by atoms with E-state index in [4.69, 9.17) is 0 Å². The zero-order valence-electron chi connectivity index (χ0n) is 16.3. The van der Waals surface area contributed by atoms with Crippen molar-refractivity contribution in [1.29, 1.82) is 5.26 Å². The highest BCUT2D eigenvalue weighted by molar-refractivity contribution is 7.98. The Kier molecular flexibility index (Phi) is 6.47. The fourth-order valence-corrected chi connectivity index (χ4v) is 3.32. The molecule has 0 bridgehead atoms. The number of hydrogen-bond acceptors (Lipinski definition) is 3. The molecule has 0 saturated carbocycles. The van der Waals surface area contributed by atoms with Crippen molar-refractivity contribution in [2.24, 2.45) is 0 Å². The number of aryl methyl sites for hydroxylation is 2. The Balaban J connectivity index is 1.96. The molecular formula is C25H22N2S. The van der Waals surface area contributed by atoms with E-state index in [1.165, 1.54) is 22.9 Å².